The van der Waals surface area contributed by atoms with E-state index in [1.54, 1.807) is 11.3 Å². The fourth-order valence-electron chi connectivity index (χ4n) is 5.17. The van der Waals surface area contributed by atoms with Gasteiger partial charge >= 0.3 is 0 Å². The number of imidazole rings is 1. The Kier molecular flexibility index (Phi) is 5.50. The van der Waals surface area contributed by atoms with Crippen LogP contribution in [-0.4, -0.2) is 44.3 Å². The lowest BCUT2D eigenvalue weighted by Crippen LogP contribution is -2.27. The first-order valence-corrected chi connectivity index (χ1v) is 13.0. The Hall–Kier alpha value is -2.93. The van der Waals surface area contributed by atoms with Gasteiger partial charge in [0.05, 0.1) is 10.2 Å². The van der Waals surface area contributed by atoms with Gasteiger partial charge in [-0.05, 0) is 55.5 Å². The predicted molar refractivity (Wildman–Crippen MR) is 133 cm³/mol. The maximum Gasteiger partial charge on any atom is 0.254 e. The molecule has 1 N–H and O–H groups in total. The molecule has 2 aliphatic rings. The molecule has 6 rings (SSSR count). The number of hydrogen-bond donors (Lipinski definition) is 1. The minimum Gasteiger partial charge on any atom is -0.359 e. The molecule has 1 saturated heterocycles. The van der Waals surface area contributed by atoms with E-state index < -0.39 is 0 Å². The molecule has 6 nitrogen and oxygen atoms in total. The zero-order chi connectivity index (χ0) is 22.2. The van der Waals surface area contributed by atoms with Gasteiger partial charge in [0.1, 0.15) is 5.65 Å². The second-order valence-corrected chi connectivity index (χ2v) is 10.4. The molecule has 1 aliphatic heterocycles. The molecule has 1 aromatic carbocycles. The van der Waals surface area contributed by atoms with E-state index in [2.05, 4.69) is 32.9 Å². The number of nitrogens with zero attached hydrogens (tertiary/aromatic N) is 4. The van der Waals surface area contributed by atoms with Crippen molar-refractivity contribution in [3.05, 3.63) is 59.5 Å². The Balaban J connectivity index is 1.20. The zero-order valence-corrected chi connectivity index (χ0v) is 19.6. The van der Waals surface area contributed by atoms with Crippen molar-refractivity contribution in [3.8, 4) is 0 Å². The van der Waals surface area contributed by atoms with Crippen LogP contribution < -0.4 is 5.32 Å². The lowest BCUT2D eigenvalue weighted by molar-refractivity contribution is 0.0793. The predicted octanol–water partition coefficient (Wildman–Crippen LogP) is 5.52. The Bertz CT molecular complexity index is 1300. The highest BCUT2D eigenvalue weighted by atomic mass is 32.1. The SMILES string of the molecule is O=C(c1ccn2c(Cc3ccc4nc(NC5CCCCC5)sc4c3)cnc2c1)N1CCCC1. The van der Waals surface area contributed by atoms with Crippen molar-refractivity contribution < 1.29 is 4.79 Å². The quantitative estimate of drug-likeness (QED) is 0.427. The Morgan fingerprint density at radius 3 is 2.76 bits per heavy atom. The standard InChI is InChI=1S/C26H29N5OS/c32-25(30-11-4-5-12-30)19-10-13-31-21(17-27-24(31)16-19)14-18-8-9-22-23(15-18)33-26(29-22)28-20-6-2-1-3-7-20/h8-10,13,15-17,20H,1-7,11-12,14H2,(H,28,29). The van der Waals surface area contributed by atoms with Crippen LogP contribution in [0.3, 0.4) is 0 Å². The van der Waals surface area contributed by atoms with E-state index in [9.17, 15) is 4.79 Å². The molecule has 0 bridgehead atoms. The lowest BCUT2D eigenvalue weighted by atomic mass is 9.96. The van der Waals surface area contributed by atoms with Crippen LogP contribution in [0, 0.1) is 0 Å². The van der Waals surface area contributed by atoms with E-state index in [1.807, 2.05) is 29.4 Å². The van der Waals surface area contributed by atoms with Crippen LogP contribution in [0.4, 0.5) is 5.13 Å². The molecular weight excluding hydrogens is 430 g/mol. The maximum absolute atomic E-state index is 12.7. The average molecular weight is 460 g/mol. The summed E-state index contributed by atoms with van der Waals surface area (Å²) in [6.07, 6.45) is 13.4. The molecule has 7 heteroatoms. The fourth-order valence-corrected chi connectivity index (χ4v) is 6.18. The Labute approximate surface area is 197 Å². The number of thiazole rings is 1. The van der Waals surface area contributed by atoms with Crippen LogP contribution in [0.2, 0.25) is 0 Å². The van der Waals surface area contributed by atoms with Crippen molar-refractivity contribution >= 4 is 38.2 Å². The summed E-state index contributed by atoms with van der Waals surface area (Å²) in [5.74, 6) is 0.118. The number of aromatic nitrogens is 3. The number of hydrogen-bond acceptors (Lipinski definition) is 5. The zero-order valence-electron chi connectivity index (χ0n) is 18.8. The Morgan fingerprint density at radius 1 is 1.06 bits per heavy atom. The number of amides is 1. The van der Waals surface area contributed by atoms with Crippen molar-refractivity contribution in [1.29, 1.82) is 0 Å². The van der Waals surface area contributed by atoms with Crippen molar-refractivity contribution in [2.24, 2.45) is 0 Å². The first kappa shape index (κ1) is 20.7. The summed E-state index contributed by atoms with van der Waals surface area (Å²) in [7, 11) is 0. The number of rotatable bonds is 5. The van der Waals surface area contributed by atoms with Gasteiger partial charge in [-0.1, -0.05) is 36.7 Å². The first-order chi connectivity index (χ1) is 16.2. The molecule has 0 spiro atoms. The van der Waals surface area contributed by atoms with Crippen molar-refractivity contribution in [2.45, 2.75) is 57.4 Å². The lowest BCUT2D eigenvalue weighted by Gasteiger charge is -2.22. The summed E-state index contributed by atoms with van der Waals surface area (Å²) in [6.45, 7) is 1.73. The molecule has 1 aliphatic carbocycles. The van der Waals surface area contributed by atoms with Crippen LogP contribution >= 0.6 is 11.3 Å². The van der Waals surface area contributed by atoms with Gasteiger partial charge in [0.2, 0.25) is 0 Å². The molecule has 0 unspecified atom stereocenters. The fraction of sp³-hybridized carbons (Fsp3) is 0.423. The highest BCUT2D eigenvalue weighted by molar-refractivity contribution is 7.22. The normalized spacial score (nSPS) is 17.3. The van der Waals surface area contributed by atoms with Gasteiger partial charge in [0.15, 0.2) is 5.13 Å². The minimum absolute atomic E-state index is 0.118. The van der Waals surface area contributed by atoms with Crippen molar-refractivity contribution in [3.63, 3.8) is 0 Å². The van der Waals surface area contributed by atoms with E-state index >= 15 is 0 Å². The smallest absolute Gasteiger partial charge is 0.254 e. The second kappa shape index (κ2) is 8.78. The summed E-state index contributed by atoms with van der Waals surface area (Å²) in [5, 5.41) is 4.70. The highest BCUT2D eigenvalue weighted by Crippen LogP contribution is 2.30. The molecule has 4 heterocycles. The van der Waals surface area contributed by atoms with Crippen molar-refractivity contribution in [2.75, 3.05) is 18.4 Å². The number of likely N-dealkylation sites (tertiary alicyclic amines) is 1. The highest BCUT2D eigenvalue weighted by Gasteiger charge is 2.20. The largest absolute Gasteiger partial charge is 0.359 e. The van der Waals surface area contributed by atoms with Gasteiger partial charge < -0.3 is 14.6 Å². The molecule has 0 atom stereocenters. The number of nitrogens with one attached hydrogen (secondary N) is 1. The Morgan fingerprint density at radius 2 is 1.91 bits per heavy atom. The second-order valence-electron chi connectivity index (χ2n) is 9.37. The van der Waals surface area contributed by atoms with Gasteiger partial charge in [-0.2, -0.15) is 0 Å². The van der Waals surface area contributed by atoms with Crippen LogP contribution in [0.5, 0.6) is 0 Å². The summed E-state index contributed by atoms with van der Waals surface area (Å²) in [5.41, 5.74) is 4.98. The molecule has 4 aromatic rings. The van der Waals surface area contributed by atoms with Gasteiger partial charge in [0.25, 0.3) is 5.91 Å². The van der Waals surface area contributed by atoms with E-state index in [4.69, 9.17) is 4.98 Å². The van der Waals surface area contributed by atoms with Gasteiger partial charge in [0, 0.05) is 49.2 Å². The summed E-state index contributed by atoms with van der Waals surface area (Å²) >= 11 is 1.75. The van der Waals surface area contributed by atoms with Crippen LogP contribution in [-0.2, 0) is 6.42 Å². The number of anilines is 1. The average Bonchev–Trinajstić information content (AvgIpc) is 3.59. The third kappa shape index (κ3) is 4.22. The number of pyridine rings is 1. The number of benzene rings is 1. The third-order valence-electron chi connectivity index (χ3n) is 7.00. The summed E-state index contributed by atoms with van der Waals surface area (Å²) < 4.78 is 3.31. The summed E-state index contributed by atoms with van der Waals surface area (Å²) in [6, 6.07) is 11.0. The molecule has 1 saturated carbocycles. The maximum atomic E-state index is 12.7. The van der Waals surface area contributed by atoms with E-state index in [0.717, 1.165) is 59.9 Å². The van der Waals surface area contributed by atoms with Crippen LogP contribution in [0.1, 0.15) is 66.6 Å². The van der Waals surface area contributed by atoms with Crippen LogP contribution in [0.25, 0.3) is 15.9 Å². The van der Waals surface area contributed by atoms with E-state index in [0.29, 0.717) is 6.04 Å². The molecule has 170 valence electrons. The summed E-state index contributed by atoms with van der Waals surface area (Å²) in [4.78, 5) is 24.1. The molecule has 2 fully saturated rings. The molecule has 1 amide bonds. The first-order valence-electron chi connectivity index (χ1n) is 12.1. The number of carbonyl (C=O) groups is 1. The minimum atomic E-state index is 0.118. The molecular formula is C26H29N5OS. The number of carbonyl (C=O) groups excluding carboxylic acids is 1. The molecule has 0 radical (unpaired) electrons. The topological polar surface area (TPSA) is 62.5 Å². The molecule has 33 heavy (non-hydrogen) atoms. The van der Waals surface area contributed by atoms with Gasteiger partial charge in [-0.3, -0.25) is 4.79 Å². The van der Waals surface area contributed by atoms with Gasteiger partial charge in [-0.25, -0.2) is 9.97 Å². The molecule has 3 aromatic heterocycles. The van der Waals surface area contributed by atoms with E-state index in [-0.39, 0.29) is 5.91 Å². The van der Waals surface area contributed by atoms with E-state index in [1.165, 1.54) is 42.4 Å². The van der Waals surface area contributed by atoms with Gasteiger partial charge in [-0.15, -0.1) is 0 Å². The number of fused-ring (bicyclic) bond motifs is 2. The van der Waals surface area contributed by atoms with Crippen molar-refractivity contribution in [1.82, 2.24) is 19.3 Å². The monoisotopic (exact) mass is 459 g/mol. The third-order valence-corrected chi connectivity index (χ3v) is 7.95. The van der Waals surface area contributed by atoms with Crippen LogP contribution in [0.15, 0.2) is 42.7 Å².